The van der Waals surface area contributed by atoms with Crippen molar-refractivity contribution in [3.8, 4) is 0 Å². The second kappa shape index (κ2) is 6.24. The molecule has 20 heavy (non-hydrogen) atoms. The summed E-state index contributed by atoms with van der Waals surface area (Å²) < 4.78 is 26.8. The van der Waals surface area contributed by atoms with Crippen LogP contribution < -0.4 is 0 Å². The van der Waals surface area contributed by atoms with Crippen molar-refractivity contribution in [2.45, 2.75) is 50.2 Å². The van der Waals surface area contributed by atoms with Crippen molar-refractivity contribution < 1.29 is 13.5 Å². The van der Waals surface area contributed by atoms with Crippen LogP contribution in [0.1, 0.15) is 38.2 Å². The van der Waals surface area contributed by atoms with Crippen molar-refractivity contribution in [3.63, 3.8) is 0 Å². The first-order valence-corrected chi connectivity index (χ1v) is 8.57. The summed E-state index contributed by atoms with van der Waals surface area (Å²) in [6.45, 7) is 2.03. The van der Waals surface area contributed by atoms with E-state index in [0.717, 1.165) is 19.3 Å². The maximum Gasteiger partial charge on any atom is 0.243 e. The van der Waals surface area contributed by atoms with E-state index in [0.29, 0.717) is 11.5 Å². The SMILES string of the molecule is CC1CCCC(N(C)S(=O)(=O)c2cccc(CO)c2)C1. The molecule has 2 unspecified atom stereocenters. The zero-order chi connectivity index (χ0) is 14.8. The summed E-state index contributed by atoms with van der Waals surface area (Å²) in [5, 5.41) is 9.14. The fourth-order valence-corrected chi connectivity index (χ4v) is 4.37. The highest BCUT2D eigenvalue weighted by Crippen LogP contribution is 2.29. The number of aliphatic hydroxyl groups excluding tert-OH is 1. The van der Waals surface area contributed by atoms with Crippen molar-refractivity contribution in [1.29, 1.82) is 0 Å². The van der Waals surface area contributed by atoms with Crippen molar-refractivity contribution in [2.24, 2.45) is 5.92 Å². The van der Waals surface area contributed by atoms with E-state index in [9.17, 15) is 8.42 Å². The molecule has 2 atom stereocenters. The molecule has 2 rings (SSSR count). The number of rotatable bonds is 4. The van der Waals surface area contributed by atoms with E-state index in [-0.39, 0.29) is 17.5 Å². The highest BCUT2D eigenvalue weighted by molar-refractivity contribution is 7.89. The van der Waals surface area contributed by atoms with Crippen LogP contribution in [0.2, 0.25) is 0 Å². The standard InChI is InChI=1S/C15H23NO3S/c1-12-5-3-7-14(9-12)16(2)20(18,19)15-8-4-6-13(10-15)11-17/h4,6,8,10,12,14,17H,3,5,7,9,11H2,1-2H3. The number of nitrogens with zero attached hydrogens (tertiary/aromatic N) is 1. The second-order valence-corrected chi connectivity index (χ2v) is 7.75. The van der Waals surface area contributed by atoms with Crippen molar-refractivity contribution in [1.82, 2.24) is 4.31 Å². The fourth-order valence-electron chi connectivity index (χ4n) is 2.90. The molecule has 1 aliphatic rings. The summed E-state index contributed by atoms with van der Waals surface area (Å²) in [6.07, 6.45) is 4.13. The summed E-state index contributed by atoms with van der Waals surface area (Å²) in [6, 6.07) is 6.63. The van der Waals surface area contributed by atoms with E-state index >= 15 is 0 Å². The molecule has 1 aromatic rings. The van der Waals surface area contributed by atoms with Gasteiger partial charge in [0.15, 0.2) is 0 Å². The van der Waals surface area contributed by atoms with Gasteiger partial charge in [0.05, 0.1) is 11.5 Å². The van der Waals surface area contributed by atoms with Gasteiger partial charge in [-0.1, -0.05) is 31.9 Å². The van der Waals surface area contributed by atoms with Crippen LogP contribution in [0.25, 0.3) is 0 Å². The smallest absolute Gasteiger partial charge is 0.243 e. The predicted molar refractivity (Wildman–Crippen MR) is 78.7 cm³/mol. The highest BCUT2D eigenvalue weighted by Gasteiger charge is 2.30. The highest BCUT2D eigenvalue weighted by atomic mass is 32.2. The Morgan fingerprint density at radius 3 is 2.75 bits per heavy atom. The van der Waals surface area contributed by atoms with Crippen LogP contribution in [0.5, 0.6) is 0 Å². The van der Waals surface area contributed by atoms with Crippen LogP contribution in [0.15, 0.2) is 29.2 Å². The van der Waals surface area contributed by atoms with Gasteiger partial charge in [-0.2, -0.15) is 4.31 Å². The largest absolute Gasteiger partial charge is 0.392 e. The Kier molecular flexibility index (Phi) is 4.83. The Morgan fingerprint density at radius 2 is 2.10 bits per heavy atom. The molecule has 1 aromatic carbocycles. The molecule has 1 aliphatic carbocycles. The minimum Gasteiger partial charge on any atom is -0.392 e. The molecular weight excluding hydrogens is 274 g/mol. The quantitative estimate of drug-likeness (QED) is 0.928. The fraction of sp³-hybridized carbons (Fsp3) is 0.600. The monoisotopic (exact) mass is 297 g/mol. The molecule has 1 N–H and O–H groups in total. The van der Waals surface area contributed by atoms with E-state index in [4.69, 9.17) is 5.11 Å². The third-order valence-electron chi connectivity index (χ3n) is 4.18. The van der Waals surface area contributed by atoms with Crippen LogP contribution in [-0.2, 0) is 16.6 Å². The number of hydrogen-bond donors (Lipinski definition) is 1. The summed E-state index contributed by atoms with van der Waals surface area (Å²) in [7, 11) is -1.80. The molecule has 0 heterocycles. The van der Waals surface area contributed by atoms with Gasteiger partial charge in [0.2, 0.25) is 10.0 Å². The number of sulfonamides is 1. The Balaban J connectivity index is 2.24. The molecule has 0 amide bonds. The molecule has 4 nitrogen and oxygen atoms in total. The van der Waals surface area contributed by atoms with E-state index < -0.39 is 10.0 Å². The van der Waals surface area contributed by atoms with Crippen LogP contribution in [0, 0.1) is 5.92 Å². The topological polar surface area (TPSA) is 57.6 Å². The van der Waals surface area contributed by atoms with Crippen LogP contribution >= 0.6 is 0 Å². The van der Waals surface area contributed by atoms with Crippen LogP contribution in [0.3, 0.4) is 0 Å². The third-order valence-corrected chi connectivity index (χ3v) is 6.09. The maximum absolute atomic E-state index is 12.7. The molecule has 0 spiro atoms. The normalized spacial score (nSPS) is 24.0. The predicted octanol–water partition coefficient (Wildman–Crippen LogP) is 2.38. The van der Waals surface area contributed by atoms with Gasteiger partial charge in [-0.25, -0.2) is 8.42 Å². The van der Waals surface area contributed by atoms with Crippen LogP contribution in [0.4, 0.5) is 0 Å². The minimum absolute atomic E-state index is 0.0848. The molecule has 1 saturated carbocycles. The minimum atomic E-state index is -3.47. The molecule has 0 aliphatic heterocycles. The molecule has 0 radical (unpaired) electrons. The average Bonchev–Trinajstić information content (AvgIpc) is 2.46. The maximum atomic E-state index is 12.7. The lowest BCUT2D eigenvalue weighted by Gasteiger charge is -2.33. The first-order valence-electron chi connectivity index (χ1n) is 7.13. The average molecular weight is 297 g/mol. The van der Waals surface area contributed by atoms with E-state index in [1.807, 2.05) is 0 Å². The van der Waals surface area contributed by atoms with E-state index in [1.165, 1.54) is 10.7 Å². The lowest BCUT2D eigenvalue weighted by molar-refractivity contribution is 0.239. The van der Waals surface area contributed by atoms with Crippen LogP contribution in [-0.4, -0.2) is 30.9 Å². The Labute approximate surface area is 121 Å². The van der Waals surface area contributed by atoms with Crippen molar-refractivity contribution in [3.05, 3.63) is 29.8 Å². The molecule has 1 fully saturated rings. The number of aliphatic hydroxyl groups is 1. The van der Waals surface area contributed by atoms with Gasteiger partial charge in [0.25, 0.3) is 0 Å². The van der Waals surface area contributed by atoms with E-state index in [1.54, 1.807) is 31.3 Å². The number of hydrogen-bond acceptors (Lipinski definition) is 3. The Hall–Kier alpha value is -0.910. The zero-order valence-electron chi connectivity index (χ0n) is 12.1. The molecule has 0 aromatic heterocycles. The lowest BCUT2D eigenvalue weighted by atomic mass is 9.87. The summed E-state index contributed by atoms with van der Waals surface area (Å²) in [4.78, 5) is 0.268. The Bertz CT molecular complexity index is 556. The first-order chi connectivity index (χ1) is 9.45. The molecule has 5 heteroatoms. The summed E-state index contributed by atoms with van der Waals surface area (Å²) in [5.41, 5.74) is 0.622. The van der Waals surface area contributed by atoms with Gasteiger partial charge >= 0.3 is 0 Å². The van der Waals surface area contributed by atoms with E-state index in [2.05, 4.69) is 6.92 Å². The summed E-state index contributed by atoms with van der Waals surface area (Å²) >= 11 is 0. The van der Waals surface area contributed by atoms with Gasteiger partial charge in [0, 0.05) is 13.1 Å². The Morgan fingerprint density at radius 1 is 1.35 bits per heavy atom. The first kappa shape index (κ1) is 15.5. The van der Waals surface area contributed by atoms with Crippen molar-refractivity contribution >= 4 is 10.0 Å². The third kappa shape index (κ3) is 3.22. The second-order valence-electron chi connectivity index (χ2n) is 5.75. The molecule has 0 bridgehead atoms. The summed E-state index contributed by atoms with van der Waals surface area (Å²) in [5.74, 6) is 0.579. The van der Waals surface area contributed by atoms with Gasteiger partial charge in [-0.3, -0.25) is 0 Å². The number of benzene rings is 1. The van der Waals surface area contributed by atoms with Gasteiger partial charge in [-0.15, -0.1) is 0 Å². The van der Waals surface area contributed by atoms with Gasteiger partial charge in [-0.05, 0) is 36.5 Å². The van der Waals surface area contributed by atoms with Crippen molar-refractivity contribution in [2.75, 3.05) is 7.05 Å². The van der Waals surface area contributed by atoms with Gasteiger partial charge < -0.3 is 5.11 Å². The zero-order valence-corrected chi connectivity index (χ0v) is 12.9. The molecule has 0 saturated heterocycles. The lowest BCUT2D eigenvalue weighted by Crippen LogP contribution is -2.39. The molecule has 112 valence electrons. The molecular formula is C15H23NO3S. The van der Waals surface area contributed by atoms with Gasteiger partial charge in [0.1, 0.15) is 0 Å².